The highest BCUT2D eigenvalue weighted by Crippen LogP contribution is 2.35. The minimum atomic E-state index is -1.22. The first-order valence-corrected chi connectivity index (χ1v) is 5.86. The second-order valence-corrected chi connectivity index (χ2v) is 4.46. The normalized spacial score (nSPS) is 13.9. The summed E-state index contributed by atoms with van der Waals surface area (Å²) in [5.41, 5.74) is -0.148. The molecule has 1 aliphatic carbocycles. The van der Waals surface area contributed by atoms with Crippen LogP contribution in [0.4, 0.5) is 11.4 Å². The highest BCUT2D eigenvalue weighted by Gasteiger charge is 2.25. The van der Waals surface area contributed by atoms with Gasteiger partial charge in [-0.3, -0.25) is 10.1 Å². The maximum Gasteiger partial charge on any atom is 0.338 e. The third-order valence-corrected chi connectivity index (χ3v) is 3.01. The van der Waals surface area contributed by atoms with E-state index in [2.05, 4.69) is 5.32 Å². The molecule has 19 heavy (non-hydrogen) atoms. The molecule has 0 aliphatic heterocycles. The van der Waals surface area contributed by atoms with Gasteiger partial charge in [-0.05, 0) is 18.8 Å². The predicted octanol–water partition coefficient (Wildman–Crippen LogP) is 2.12. The van der Waals surface area contributed by atoms with E-state index in [1.165, 1.54) is 13.2 Å². The first-order valence-electron chi connectivity index (χ1n) is 5.86. The van der Waals surface area contributed by atoms with E-state index in [4.69, 9.17) is 9.84 Å². The van der Waals surface area contributed by atoms with E-state index in [1.54, 1.807) is 0 Å². The highest BCUT2D eigenvalue weighted by atomic mass is 16.6. The van der Waals surface area contributed by atoms with Gasteiger partial charge in [-0.25, -0.2) is 4.79 Å². The first-order chi connectivity index (χ1) is 9.02. The maximum absolute atomic E-state index is 11.2. The summed E-state index contributed by atoms with van der Waals surface area (Å²) < 4.78 is 5.05. The standard InChI is InChI=1S/C12H14N2O5/c1-19-10-5-8(14(17)18)4-9(12(15)16)11(10)13-6-7-2-3-7/h4-5,7,13H,2-3,6H2,1H3,(H,15,16). The second kappa shape index (κ2) is 5.13. The number of nitrogens with one attached hydrogen (secondary N) is 1. The number of rotatable bonds is 6. The number of nitrogens with zero attached hydrogens (tertiary/aromatic N) is 1. The second-order valence-electron chi connectivity index (χ2n) is 4.46. The molecule has 1 aromatic carbocycles. The highest BCUT2D eigenvalue weighted by molar-refractivity contribution is 5.97. The number of anilines is 1. The van der Waals surface area contributed by atoms with Gasteiger partial charge in [0.2, 0.25) is 0 Å². The van der Waals surface area contributed by atoms with Crippen molar-refractivity contribution in [2.75, 3.05) is 19.0 Å². The van der Waals surface area contributed by atoms with Crippen LogP contribution in [0.25, 0.3) is 0 Å². The topological polar surface area (TPSA) is 102 Å². The van der Waals surface area contributed by atoms with Gasteiger partial charge in [0.1, 0.15) is 5.75 Å². The van der Waals surface area contributed by atoms with Gasteiger partial charge in [0.15, 0.2) is 0 Å². The molecule has 0 aromatic heterocycles. The summed E-state index contributed by atoms with van der Waals surface area (Å²) in [6.45, 7) is 0.647. The molecule has 7 heteroatoms. The van der Waals surface area contributed by atoms with Gasteiger partial charge in [-0.15, -0.1) is 0 Å². The quantitative estimate of drug-likeness (QED) is 0.604. The third kappa shape index (κ3) is 2.93. The van der Waals surface area contributed by atoms with Crippen LogP contribution in [0.2, 0.25) is 0 Å². The zero-order valence-corrected chi connectivity index (χ0v) is 10.4. The average Bonchev–Trinajstić information content (AvgIpc) is 3.18. The average molecular weight is 266 g/mol. The number of nitro groups is 1. The lowest BCUT2D eigenvalue weighted by Gasteiger charge is -2.13. The summed E-state index contributed by atoms with van der Waals surface area (Å²) in [5.74, 6) is -0.505. The fraction of sp³-hybridized carbons (Fsp3) is 0.417. The van der Waals surface area contributed by atoms with E-state index in [1.807, 2.05) is 0 Å². The Bertz CT molecular complexity index is 525. The Hall–Kier alpha value is -2.31. The van der Waals surface area contributed by atoms with Crippen molar-refractivity contribution in [3.63, 3.8) is 0 Å². The van der Waals surface area contributed by atoms with Gasteiger partial charge < -0.3 is 15.2 Å². The van der Waals surface area contributed by atoms with Crippen LogP contribution in [0.5, 0.6) is 5.75 Å². The molecule has 0 spiro atoms. The Morgan fingerprint density at radius 1 is 1.58 bits per heavy atom. The van der Waals surface area contributed by atoms with Crippen LogP contribution in [0, 0.1) is 16.0 Å². The van der Waals surface area contributed by atoms with Crippen LogP contribution in [0.3, 0.4) is 0 Å². The Balaban J connectivity index is 2.40. The maximum atomic E-state index is 11.2. The van der Waals surface area contributed by atoms with Gasteiger partial charge in [0, 0.05) is 12.6 Å². The summed E-state index contributed by atoms with van der Waals surface area (Å²) in [4.78, 5) is 21.3. The lowest BCUT2D eigenvalue weighted by molar-refractivity contribution is -0.384. The molecule has 102 valence electrons. The number of hydrogen-bond acceptors (Lipinski definition) is 5. The molecule has 1 aliphatic rings. The minimum Gasteiger partial charge on any atom is -0.494 e. The Morgan fingerprint density at radius 3 is 2.74 bits per heavy atom. The number of ether oxygens (including phenoxy) is 1. The van der Waals surface area contributed by atoms with Crippen molar-refractivity contribution in [3.8, 4) is 5.75 Å². The van der Waals surface area contributed by atoms with Crippen LogP contribution >= 0.6 is 0 Å². The summed E-state index contributed by atoms with van der Waals surface area (Å²) in [7, 11) is 1.35. The van der Waals surface area contributed by atoms with Crippen molar-refractivity contribution < 1.29 is 19.6 Å². The SMILES string of the molecule is COc1cc([N+](=O)[O-])cc(C(=O)O)c1NCC1CC1. The van der Waals surface area contributed by atoms with Gasteiger partial charge in [-0.1, -0.05) is 0 Å². The molecule has 0 radical (unpaired) electrons. The predicted molar refractivity (Wildman–Crippen MR) is 67.8 cm³/mol. The van der Waals surface area contributed by atoms with E-state index in [0.717, 1.165) is 18.9 Å². The van der Waals surface area contributed by atoms with E-state index in [9.17, 15) is 14.9 Å². The van der Waals surface area contributed by atoms with Crippen LogP contribution in [-0.2, 0) is 0 Å². The van der Waals surface area contributed by atoms with Crippen LogP contribution in [-0.4, -0.2) is 29.7 Å². The molecule has 1 fully saturated rings. The zero-order chi connectivity index (χ0) is 14.0. The molecule has 0 atom stereocenters. The Morgan fingerprint density at radius 2 is 2.26 bits per heavy atom. The van der Waals surface area contributed by atoms with E-state index < -0.39 is 10.9 Å². The summed E-state index contributed by atoms with van der Waals surface area (Å²) >= 11 is 0. The number of carbonyl (C=O) groups is 1. The summed E-state index contributed by atoms with van der Waals surface area (Å²) in [5, 5.41) is 22.9. The molecule has 7 nitrogen and oxygen atoms in total. The largest absolute Gasteiger partial charge is 0.494 e. The van der Waals surface area contributed by atoms with Crippen molar-refractivity contribution in [1.29, 1.82) is 0 Å². The fourth-order valence-corrected chi connectivity index (χ4v) is 1.79. The number of aromatic carboxylic acids is 1. The van der Waals surface area contributed by atoms with Crippen molar-refractivity contribution in [3.05, 3.63) is 27.8 Å². The molecule has 0 heterocycles. The smallest absolute Gasteiger partial charge is 0.338 e. The number of benzene rings is 1. The van der Waals surface area contributed by atoms with Gasteiger partial charge in [0.25, 0.3) is 5.69 Å². The zero-order valence-electron chi connectivity index (χ0n) is 10.4. The van der Waals surface area contributed by atoms with Crippen molar-refractivity contribution in [2.45, 2.75) is 12.8 Å². The molecule has 0 saturated heterocycles. The fourth-order valence-electron chi connectivity index (χ4n) is 1.79. The number of methoxy groups -OCH3 is 1. The van der Waals surface area contributed by atoms with Gasteiger partial charge in [-0.2, -0.15) is 0 Å². The molecular weight excluding hydrogens is 252 g/mol. The monoisotopic (exact) mass is 266 g/mol. The number of non-ortho nitro benzene ring substituents is 1. The number of carboxylic acids is 1. The third-order valence-electron chi connectivity index (χ3n) is 3.01. The van der Waals surface area contributed by atoms with Gasteiger partial charge in [0.05, 0.1) is 29.4 Å². The summed E-state index contributed by atoms with van der Waals surface area (Å²) in [6.07, 6.45) is 2.23. The Labute approximate surface area is 109 Å². The van der Waals surface area contributed by atoms with Crippen molar-refractivity contribution in [1.82, 2.24) is 0 Å². The van der Waals surface area contributed by atoms with E-state index >= 15 is 0 Å². The van der Waals surface area contributed by atoms with Gasteiger partial charge >= 0.3 is 5.97 Å². The van der Waals surface area contributed by atoms with Crippen LogP contribution < -0.4 is 10.1 Å². The van der Waals surface area contributed by atoms with E-state index in [0.29, 0.717) is 18.2 Å². The molecule has 1 saturated carbocycles. The lowest BCUT2D eigenvalue weighted by Crippen LogP contribution is -2.11. The minimum absolute atomic E-state index is 0.147. The Kier molecular flexibility index (Phi) is 3.55. The van der Waals surface area contributed by atoms with Crippen molar-refractivity contribution >= 4 is 17.3 Å². The molecule has 2 rings (SSSR count). The first kappa shape index (κ1) is 13.1. The molecule has 0 unspecified atom stereocenters. The summed E-state index contributed by atoms with van der Waals surface area (Å²) in [6, 6.07) is 2.27. The number of hydrogen-bond donors (Lipinski definition) is 2. The molecule has 0 amide bonds. The number of nitro benzene ring substituents is 1. The molecule has 2 N–H and O–H groups in total. The molecule has 1 aromatic rings. The van der Waals surface area contributed by atoms with Crippen LogP contribution in [0.15, 0.2) is 12.1 Å². The van der Waals surface area contributed by atoms with E-state index in [-0.39, 0.29) is 17.0 Å². The van der Waals surface area contributed by atoms with Crippen molar-refractivity contribution in [2.24, 2.45) is 5.92 Å². The molecular formula is C12H14N2O5. The molecule has 0 bridgehead atoms. The lowest BCUT2D eigenvalue weighted by atomic mass is 10.1. The van der Waals surface area contributed by atoms with Crippen LogP contribution in [0.1, 0.15) is 23.2 Å². The number of carboxylic acid groups (broad SMARTS) is 1.